The first-order valence-electron chi connectivity index (χ1n) is 6.33. The zero-order chi connectivity index (χ0) is 13.2. The highest BCUT2D eigenvalue weighted by Crippen LogP contribution is 2.26. The minimum Gasteiger partial charge on any atom is -0.396 e. The summed E-state index contributed by atoms with van der Waals surface area (Å²) in [5, 5.41) is 8.43. The van der Waals surface area contributed by atoms with Crippen LogP contribution in [0.3, 0.4) is 0 Å². The van der Waals surface area contributed by atoms with Crippen LogP contribution in [0, 0.1) is 5.82 Å². The molecule has 0 spiro atoms. The van der Waals surface area contributed by atoms with Crippen LogP contribution in [0.2, 0.25) is 0 Å². The molecule has 2 heterocycles. The second-order valence-corrected chi connectivity index (χ2v) is 5.66. The first-order valence-corrected chi connectivity index (χ1v) is 7.31. The maximum Gasteiger partial charge on any atom is 0.147 e. The highest BCUT2D eigenvalue weighted by molar-refractivity contribution is 7.98. The molecule has 1 aliphatic rings. The molecule has 4 nitrogen and oxygen atoms in total. The average Bonchev–Trinajstić information content (AvgIpc) is 2.83. The van der Waals surface area contributed by atoms with Gasteiger partial charge in [0, 0.05) is 17.9 Å². The molecule has 0 amide bonds. The number of hydrogen-bond donors (Lipinski definition) is 1. The van der Waals surface area contributed by atoms with Crippen LogP contribution in [0.4, 0.5) is 10.1 Å². The van der Waals surface area contributed by atoms with Gasteiger partial charge in [-0.25, -0.2) is 4.39 Å². The summed E-state index contributed by atoms with van der Waals surface area (Å²) < 4.78 is 15.5. The van der Waals surface area contributed by atoms with Gasteiger partial charge in [0.25, 0.3) is 0 Å². The van der Waals surface area contributed by atoms with Gasteiger partial charge in [-0.2, -0.15) is 0 Å². The van der Waals surface area contributed by atoms with Gasteiger partial charge in [-0.3, -0.25) is 0 Å². The molecule has 19 heavy (non-hydrogen) atoms. The smallest absolute Gasteiger partial charge is 0.147 e. The number of fused-ring (bicyclic) bond motifs is 1. The van der Waals surface area contributed by atoms with Gasteiger partial charge in [0.05, 0.1) is 11.4 Å². The molecule has 2 N–H and O–H groups in total. The SMILES string of the molecule is Nc1ccc(SCc2nnc3n2CCCC3)cc1F. The monoisotopic (exact) mass is 278 g/mol. The summed E-state index contributed by atoms with van der Waals surface area (Å²) >= 11 is 1.55. The Morgan fingerprint density at radius 1 is 1.32 bits per heavy atom. The van der Waals surface area contributed by atoms with Gasteiger partial charge < -0.3 is 10.3 Å². The van der Waals surface area contributed by atoms with Crippen molar-refractivity contribution in [2.75, 3.05) is 5.73 Å². The Balaban J connectivity index is 1.72. The van der Waals surface area contributed by atoms with Crippen molar-refractivity contribution >= 4 is 17.4 Å². The quantitative estimate of drug-likeness (QED) is 0.692. The highest BCUT2D eigenvalue weighted by atomic mass is 32.2. The number of aromatic nitrogens is 3. The molecule has 1 aromatic carbocycles. The summed E-state index contributed by atoms with van der Waals surface area (Å²) in [4.78, 5) is 0.861. The summed E-state index contributed by atoms with van der Waals surface area (Å²) in [5.41, 5.74) is 5.64. The number of nitrogens with zero attached hydrogens (tertiary/aromatic N) is 3. The Labute approximate surface area is 115 Å². The van der Waals surface area contributed by atoms with Crippen molar-refractivity contribution in [2.24, 2.45) is 0 Å². The number of thioether (sulfide) groups is 1. The molecule has 100 valence electrons. The maximum atomic E-state index is 13.3. The molecule has 0 unspecified atom stereocenters. The summed E-state index contributed by atoms with van der Waals surface area (Å²) in [5.74, 6) is 2.38. The second-order valence-electron chi connectivity index (χ2n) is 4.61. The van der Waals surface area contributed by atoms with E-state index < -0.39 is 0 Å². The maximum absolute atomic E-state index is 13.3. The van der Waals surface area contributed by atoms with Crippen molar-refractivity contribution in [3.05, 3.63) is 35.7 Å². The van der Waals surface area contributed by atoms with E-state index in [0.29, 0.717) is 5.75 Å². The molecule has 6 heteroatoms. The molecule has 0 aliphatic carbocycles. The Morgan fingerprint density at radius 2 is 2.21 bits per heavy atom. The van der Waals surface area contributed by atoms with E-state index in [9.17, 15) is 4.39 Å². The van der Waals surface area contributed by atoms with Crippen LogP contribution in [-0.2, 0) is 18.7 Å². The Morgan fingerprint density at radius 3 is 3.05 bits per heavy atom. The number of benzene rings is 1. The molecule has 3 rings (SSSR count). The fourth-order valence-electron chi connectivity index (χ4n) is 2.22. The van der Waals surface area contributed by atoms with Crippen LogP contribution in [0.15, 0.2) is 23.1 Å². The summed E-state index contributed by atoms with van der Waals surface area (Å²) in [6.45, 7) is 0.994. The van der Waals surface area contributed by atoms with Crippen LogP contribution >= 0.6 is 11.8 Å². The first kappa shape index (κ1) is 12.5. The standard InChI is InChI=1S/C13H15FN4S/c14-10-7-9(4-5-11(10)15)19-8-13-17-16-12-3-1-2-6-18(12)13/h4-5,7H,1-3,6,8,15H2. The predicted octanol–water partition coefficient (Wildman–Crippen LogP) is 2.63. The van der Waals surface area contributed by atoms with Crippen LogP contribution in [0.1, 0.15) is 24.5 Å². The van der Waals surface area contributed by atoms with Gasteiger partial charge in [-0.05, 0) is 31.0 Å². The van der Waals surface area contributed by atoms with Crippen LogP contribution in [0.25, 0.3) is 0 Å². The molecule has 0 atom stereocenters. The molecule has 0 saturated carbocycles. The molecule has 2 aromatic rings. The van der Waals surface area contributed by atoms with E-state index >= 15 is 0 Å². The van der Waals surface area contributed by atoms with Crippen molar-refractivity contribution in [1.82, 2.24) is 14.8 Å². The van der Waals surface area contributed by atoms with Crippen LogP contribution in [-0.4, -0.2) is 14.8 Å². The van der Waals surface area contributed by atoms with Crippen molar-refractivity contribution in [1.29, 1.82) is 0 Å². The fraction of sp³-hybridized carbons (Fsp3) is 0.385. The van der Waals surface area contributed by atoms with Gasteiger partial charge >= 0.3 is 0 Å². The third-order valence-electron chi connectivity index (χ3n) is 3.28. The lowest BCUT2D eigenvalue weighted by molar-refractivity contribution is 0.513. The Bertz CT molecular complexity index is 596. The van der Waals surface area contributed by atoms with E-state index in [1.807, 2.05) is 6.07 Å². The fourth-order valence-corrected chi connectivity index (χ4v) is 3.08. The first-order chi connectivity index (χ1) is 9.24. The third-order valence-corrected chi connectivity index (χ3v) is 4.27. The minimum absolute atomic E-state index is 0.184. The molecule has 0 bridgehead atoms. The van der Waals surface area contributed by atoms with Gasteiger partial charge in [0.1, 0.15) is 17.5 Å². The zero-order valence-corrected chi connectivity index (χ0v) is 11.3. The number of nitrogens with two attached hydrogens (primary N) is 1. The van der Waals surface area contributed by atoms with E-state index in [4.69, 9.17) is 5.73 Å². The Hall–Kier alpha value is -1.56. The van der Waals surface area contributed by atoms with Gasteiger partial charge in [0.15, 0.2) is 0 Å². The number of hydrogen-bond acceptors (Lipinski definition) is 4. The van der Waals surface area contributed by atoms with E-state index in [1.54, 1.807) is 17.8 Å². The normalized spacial score (nSPS) is 14.4. The summed E-state index contributed by atoms with van der Waals surface area (Å²) in [6, 6.07) is 4.89. The molecule has 1 aliphatic heterocycles. The largest absolute Gasteiger partial charge is 0.396 e. The van der Waals surface area contributed by atoms with E-state index in [2.05, 4.69) is 14.8 Å². The molecule has 0 radical (unpaired) electrons. The predicted molar refractivity (Wildman–Crippen MR) is 73.3 cm³/mol. The molecule has 1 aromatic heterocycles. The lowest BCUT2D eigenvalue weighted by Gasteiger charge is -2.14. The van der Waals surface area contributed by atoms with Crippen LogP contribution < -0.4 is 5.73 Å². The van der Waals surface area contributed by atoms with Crippen molar-refractivity contribution in [3.8, 4) is 0 Å². The third kappa shape index (κ3) is 2.58. The number of nitrogen functional groups attached to an aromatic ring is 1. The van der Waals surface area contributed by atoms with Crippen molar-refractivity contribution in [2.45, 2.75) is 36.5 Å². The molecular weight excluding hydrogens is 263 g/mol. The summed E-state index contributed by atoms with van der Waals surface area (Å²) in [6.07, 6.45) is 3.38. The number of aryl methyl sites for hydroxylation is 1. The zero-order valence-electron chi connectivity index (χ0n) is 10.5. The Kier molecular flexibility index (Phi) is 3.42. The van der Waals surface area contributed by atoms with Gasteiger partial charge in [0.2, 0.25) is 0 Å². The van der Waals surface area contributed by atoms with E-state index in [-0.39, 0.29) is 11.5 Å². The highest BCUT2D eigenvalue weighted by Gasteiger charge is 2.15. The van der Waals surface area contributed by atoms with Crippen molar-refractivity contribution in [3.63, 3.8) is 0 Å². The molecule has 0 fully saturated rings. The van der Waals surface area contributed by atoms with Crippen LogP contribution in [0.5, 0.6) is 0 Å². The topological polar surface area (TPSA) is 56.7 Å². The van der Waals surface area contributed by atoms with Gasteiger partial charge in [-0.1, -0.05) is 0 Å². The number of halogens is 1. The number of rotatable bonds is 3. The van der Waals surface area contributed by atoms with E-state index in [1.165, 1.54) is 18.9 Å². The molecular formula is C13H15FN4S. The van der Waals surface area contributed by atoms with Crippen molar-refractivity contribution < 1.29 is 4.39 Å². The van der Waals surface area contributed by atoms with E-state index in [0.717, 1.165) is 29.5 Å². The minimum atomic E-state index is -0.367. The molecule has 0 saturated heterocycles. The number of anilines is 1. The lowest BCUT2D eigenvalue weighted by Crippen LogP contribution is -2.12. The average molecular weight is 278 g/mol. The van der Waals surface area contributed by atoms with Gasteiger partial charge in [-0.15, -0.1) is 22.0 Å². The lowest BCUT2D eigenvalue weighted by atomic mass is 10.2. The summed E-state index contributed by atoms with van der Waals surface area (Å²) in [7, 11) is 0. The second kappa shape index (κ2) is 5.21.